The molecule has 0 fully saturated rings. The molecule has 2 aromatic rings. The van der Waals surface area contributed by atoms with Gasteiger partial charge in [0.05, 0.1) is 10.7 Å². The predicted molar refractivity (Wildman–Crippen MR) is 76.2 cm³/mol. The number of carbonyl (C=O) groups is 1. The monoisotopic (exact) mass is 329 g/mol. The van der Waals surface area contributed by atoms with Crippen molar-refractivity contribution in [3.63, 3.8) is 0 Å². The second-order valence-corrected chi connectivity index (χ2v) is 5.60. The van der Waals surface area contributed by atoms with Crippen molar-refractivity contribution in [2.45, 2.75) is 6.92 Å². The normalized spacial score (nSPS) is 10.3. The van der Waals surface area contributed by atoms with E-state index in [0.29, 0.717) is 9.90 Å². The molecular weight excluding hydrogens is 322 g/mol. The fraction of sp³-hybridized carbons (Fsp3) is 0.0833. The van der Waals surface area contributed by atoms with E-state index in [-0.39, 0.29) is 5.91 Å². The minimum Gasteiger partial charge on any atom is -0.320 e. The molecule has 1 amide bonds. The molecule has 17 heavy (non-hydrogen) atoms. The Morgan fingerprint density at radius 2 is 2.18 bits per heavy atom. The minimum absolute atomic E-state index is 0.184. The SMILES string of the molecule is Cc1cccc(NC(=O)c2sccc2Cl)c1Br. The fourth-order valence-corrected chi connectivity index (χ4v) is 2.78. The molecule has 0 aliphatic heterocycles. The Bertz CT molecular complexity index is 567. The number of carbonyl (C=O) groups excluding carboxylic acids is 1. The van der Waals surface area contributed by atoms with E-state index < -0.39 is 0 Å². The first-order valence-corrected chi connectivity index (χ1v) is 6.94. The highest BCUT2D eigenvalue weighted by molar-refractivity contribution is 9.10. The van der Waals surface area contributed by atoms with Gasteiger partial charge in [0, 0.05) is 4.47 Å². The second kappa shape index (κ2) is 5.21. The molecule has 1 aromatic heterocycles. The Morgan fingerprint density at radius 3 is 2.82 bits per heavy atom. The third-order valence-electron chi connectivity index (χ3n) is 2.26. The molecule has 1 N–H and O–H groups in total. The van der Waals surface area contributed by atoms with Crippen LogP contribution < -0.4 is 5.32 Å². The third kappa shape index (κ3) is 2.70. The molecule has 0 saturated heterocycles. The number of aryl methyl sites for hydroxylation is 1. The smallest absolute Gasteiger partial charge is 0.267 e. The highest BCUT2D eigenvalue weighted by Crippen LogP contribution is 2.28. The summed E-state index contributed by atoms with van der Waals surface area (Å²) < 4.78 is 0.890. The highest BCUT2D eigenvalue weighted by atomic mass is 79.9. The number of hydrogen-bond acceptors (Lipinski definition) is 2. The second-order valence-electron chi connectivity index (χ2n) is 3.49. The van der Waals surface area contributed by atoms with E-state index in [1.807, 2.05) is 25.1 Å². The molecule has 1 heterocycles. The topological polar surface area (TPSA) is 29.1 Å². The van der Waals surface area contributed by atoms with E-state index in [0.717, 1.165) is 15.7 Å². The summed E-state index contributed by atoms with van der Waals surface area (Å²) in [6.45, 7) is 1.97. The zero-order valence-electron chi connectivity index (χ0n) is 8.96. The average Bonchev–Trinajstić information content (AvgIpc) is 2.71. The Morgan fingerprint density at radius 1 is 1.41 bits per heavy atom. The summed E-state index contributed by atoms with van der Waals surface area (Å²) in [6.07, 6.45) is 0. The van der Waals surface area contributed by atoms with Crippen molar-refractivity contribution in [2.75, 3.05) is 5.32 Å². The van der Waals surface area contributed by atoms with Crippen LogP contribution in [0.1, 0.15) is 15.2 Å². The summed E-state index contributed by atoms with van der Waals surface area (Å²) in [5.41, 5.74) is 1.82. The molecule has 0 aliphatic carbocycles. The van der Waals surface area contributed by atoms with Gasteiger partial charge in [-0.1, -0.05) is 23.7 Å². The largest absolute Gasteiger partial charge is 0.320 e. The Kier molecular flexibility index (Phi) is 3.86. The summed E-state index contributed by atoms with van der Waals surface area (Å²) in [5.74, 6) is -0.184. The van der Waals surface area contributed by atoms with Gasteiger partial charge in [-0.05, 0) is 45.9 Å². The van der Waals surface area contributed by atoms with Crippen LogP contribution >= 0.6 is 38.9 Å². The van der Waals surface area contributed by atoms with Gasteiger partial charge >= 0.3 is 0 Å². The molecule has 88 valence electrons. The van der Waals surface area contributed by atoms with Crippen LogP contribution in [0.2, 0.25) is 5.02 Å². The van der Waals surface area contributed by atoms with E-state index in [1.54, 1.807) is 11.4 Å². The maximum atomic E-state index is 12.0. The van der Waals surface area contributed by atoms with Gasteiger partial charge in [0.15, 0.2) is 0 Å². The maximum Gasteiger partial charge on any atom is 0.267 e. The molecule has 1 aromatic carbocycles. The molecule has 2 nitrogen and oxygen atoms in total. The quantitative estimate of drug-likeness (QED) is 0.847. The molecule has 0 atom stereocenters. The standard InChI is InChI=1S/C12H9BrClNOS/c1-7-3-2-4-9(10(7)13)15-12(16)11-8(14)5-6-17-11/h2-6H,1H3,(H,15,16). The van der Waals surface area contributed by atoms with E-state index in [4.69, 9.17) is 11.6 Å². The first kappa shape index (κ1) is 12.6. The number of benzene rings is 1. The molecule has 2 rings (SSSR count). The molecule has 0 aliphatic rings. The van der Waals surface area contributed by atoms with Crippen LogP contribution in [0.15, 0.2) is 34.1 Å². The van der Waals surface area contributed by atoms with Gasteiger partial charge in [-0.2, -0.15) is 0 Å². The molecule has 0 unspecified atom stereocenters. The van der Waals surface area contributed by atoms with Gasteiger partial charge in [-0.25, -0.2) is 0 Å². The molecule has 0 spiro atoms. The van der Waals surface area contributed by atoms with E-state index in [1.165, 1.54) is 11.3 Å². The lowest BCUT2D eigenvalue weighted by Gasteiger charge is -2.08. The molecule has 0 saturated carbocycles. The van der Waals surface area contributed by atoms with Gasteiger partial charge in [0.2, 0.25) is 0 Å². The summed E-state index contributed by atoms with van der Waals surface area (Å²) in [6, 6.07) is 7.42. The summed E-state index contributed by atoms with van der Waals surface area (Å²) in [5, 5.41) is 5.11. The number of nitrogens with one attached hydrogen (secondary N) is 1. The van der Waals surface area contributed by atoms with Crippen LogP contribution in [0, 0.1) is 6.92 Å². The van der Waals surface area contributed by atoms with Crippen molar-refractivity contribution in [1.29, 1.82) is 0 Å². The Balaban J connectivity index is 2.25. The fourth-order valence-electron chi connectivity index (χ4n) is 1.38. The number of amides is 1. The van der Waals surface area contributed by atoms with Crippen LogP contribution in [0.4, 0.5) is 5.69 Å². The number of thiophene rings is 1. The summed E-state index contributed by atoms with van der Waals surface area (Å²) >= 11 is 10.7. The van der Waals surface area contributed by atoms with Crippen LogP contribution in [-0.2, 0) is 0 Å². The third-order valence-corrected chi connectivity index (χ3v) is 4.66. The lowest BCUT2D eigenvalue weighted by Crippen LogP contribution is -2.11. The van der Waals surface area contributed by atoms with Crippen molar-refractivity contribution < 1.29 is 4.79 Å². The van der Waals surface area contributed by atoms with Gasteiger partial charge in [-0.15, -0.1) is 11.3 Å². The average molecular weight is 331 g/mol. The number of halogens is 2. The van der Waals surface area contributed by atoms with Crippen LogP contribution in [0.5, 0.6) is 0 Å². The minimum atomic E-state index is -0.184. The first-order valence-electron chi connectivity index (χ1n) is 4.89. The number of anilines is 1. The van der Waals surface area contributed by atoms with Gasteiger partial charge in [0.1, 0.15) is 4.88 Å². The first-order chi connectivity index (χ1) is 8.09. The molecular formula is C12H9BrClNOS. The van der Waals surface area contributed by atoms with Crippen molar-refractivity contribution in [2.24, 2.45) is 0 Å². The number of rotatable bonds is 2. The Labute approximate surface area is 117 Å². The molecule has 0 bridgehead atoms. The van der Waals surface area contributed by atoms with E-state index >= 15 is 0 Å². The van der Waals surface area contributed by atoms with E-state index in [2.05, 4.69) is 21.2 Å². The Hall–Kier alpha value is -0.840. The van der Waals surface area contributed by atoms with Crippen LogP contribution in [0.25, 0.3) is 0 Å². The maximum absolute atomic E-state index is 12.0. The molecule has 5 heteroatoms. The lowest BCUT2D eigenvalue weighted by molar-refractivity contribution is 0.103. The lowest BCUT2D eigenvalue weighted by atomic mass is 10.2. The number of hydrogen-bond donors (Lipinski definition) is 1. The van der Waals surface area contributed by atoms with Crippen LogP contribution in [-0.4, -0.2) is 5.91 Å². The summed E-state index contributed by atoms with van der Waals surface area (Å²) in [4.78, 5) is 12.5. The molecule has 0 radical (unpaired) electrons. The van der Waals surface area contributed by atoms with Gasteiger partial charge in [0.25, 0.3) is 5.91 Å². The highest BCUT2D eigenvalue weighted by Gasteiger charge is 2.13. The predicted octanol–water partition coefficient (Wildman–Crippen LogP) is 4.72. The van der Waals surface area contributed by atoms with Gasteiger partial charge < -0.3 is 5.32 Å². The zero-order chi connectivity index (χ0) is 12.4. The zero-order valence-corrected chi connectivity index (χ0v) is 12.1. The van der Waals surface area contributed by atoms with E-state index in [9.17, 15) is 4.79 Å². The van der Waals surface area contributed by atoms with Crippen LogP contribution in [0.3, 0.4) is 0 Å². The summed E-state index contributed by atoms with van der Waals surface area (Å²) in [7, 11) is 0. The van der Waals surface area contributed by atoms with Gasteiger partial charge in [-0.3, -0.25) is 4.79 Å². The van der Waals surface area contributed by atoms with Crippen molar-refractivity contribution in [3.8, 4) is 0 Å². The van der Waals surface area contributed by atoms with Crippen molar-refractivity contribution in [1.82, 2.24) is 0 Å². The van der Waals surface area contributed by atoms with Crippen molar-refractivity contribution in [3.05, 3.63) is 49.6 Å². The van der Waals surface area contributed by atoms with Crippen molar-refractivity contribution >= 4 is 50.5 Å².